The Labute approximate surface area is 104 Å². The molecule has 0 radical (unpaired) electrons. The molecule has 1 aliphatic rings. The maximum atomic E-state index is 12.3. The molecular weight excluding hydrogens is 228 g/mol. The highest BCUT2D eigenvalue weighted by molar-refractivity contribution is 6.05. The number of nitrogens with zero attached hydrogens (tertiary/aromatic N) is 1. The van der Waals surface area contributed by atoms with Crippen LogP contribution in [0.4, 0.5) is 5.69 Å². The minimum absolute atomic E-state index is 0.155. The summed E-state index contributed by atoms with van der Waals surface area (Å²) in [6, 6.07) is 12.5. The number of fused-ring (bicyclic) bond motifs is 1. The molecule has 1 amide bonds. The van der Waals surface area contributed by atoms with Crippen molar-refractivity contribution in [1.82, 2.24) is 4.98 Å². The molecule has 1 aromatic heterocycles. The van der Waals surface area contributed by atoms with E-state index in [1.54, 1.807) is 17.0 Å². The lowest BCUT2D eigenvalue weighted by molar-refractivity contribution is 0.0984. The monoisotopic (exact) mass is 240 g/mol. The lowest BCUT2D eigenvalue weighted by atomic mass is 10.2. The topological polar surface area (TPSA) is 53.2 Å². The van der Waals surface area contributed by atoms with Crippen LogP contribution in [0.1, 0.15) is 16.1 Å². The SMILES string of the molecule is O=C(c1cccc(=O)[nH]1)N1CCc2ccccc21. The number of nitrogens with one attached hydrogen (secondary N) is 1. The Morgan fingerprint density at radius 1 is 1.11 bits per heavy atom. The molecular formula is C14H12N2O2. The van der Waals surface area contributed by atoms with Crippen molar-refractivity contribution in [3.05, 3.63) is 64.1 Å². The Hall–Kier alpha value is -2.36. The number of pyridine rings is 1. The fourth-order valence-electron chi connectivity index (χ4n) is 2.27. The summed E-state index contributed by atoms with van der Waals surface area (Å²) in [4.78, 5) is 27.8. The van der Waals surface area contributed by atoms with Gasteiger partial charge in [-0.15, -0.1) is 0 Å². The van der Waals surface area contributed by atoms with E-state index in [0.29, 0.717) is 12.2 Å². The Morgan fingerprint density at radius 3 is 2.78 bits per heavy atom. The second-order valence-corrected chi connectivity index (χ2v) is 4.26. The number of aromatic amines is 1. The first kappa shape index (κ1) is 10.8. The first-order valence-corrected chi connectivity index (χ1v) is 5.85. The van der Waals surface area contributed by atoms with Gasteiger partial charge < -0.3 is 9.88 Å². The number of amides is 1. The third-order valence-corrected chi connectivity index (χ3v) is 3.13. The number of hydrogen-bond donors (Lipinski definition) is 1. The van der Waals surface area contributed by atoms with E-state index in [1.165, 1.54) is 11.6 Å². The van der Waals surface area contributed by atoms with Gasteiger partial charge in [0, 0.05) is 18.3 Å². The number of carbonyl (C=O) groups is 1. The molecule has 4 heteroatoms. The average molecular weight is 240 g/mol. The van der Waals surface area contributed by atoms with Crippen molar-refractivity contribution in [2.24, 2.45) is 0 Å². The summed E-state index contributed by atoms with van der Waals surface area (Å²) >= 11 is 0. The van der Waals surface area contributed by atoms with Crippen LogP contribution in [0.15, 0.2) is 47.3 Å². The molecule has 0 spiro atoms. The van der Waals surface area contributed by atoms with E-state index in [9.17, 15) is 9.59 Å². The normalized spacial score (nSPS) is 13.4. The molecule has 2 heterocycles. The molecule has 3 rings (SSSR count). The van der Waals surface area contributed by atoms with Gasteiger partial charge in [0.1, 0.15) is 5.69 Å². The van der Waals surface area contributed by atoms with E-state index in [1.807, 2.05) is 24.3 Å². The number of carbonyl (C=O) groups excluding carboxylic acids is 1. The Morgan fingerprint density at radius 2 is 1.94 bits per heavy atom. The van der Waals surface area contributed by atoms with Gasteiger partial charge in [-0.2, -0.15) is 0 Å². The van der Waals surface area contributed by atoms with Crippen LogP contribution in [0.25, 0.3) is 0 Å². The number of anilines is 1. The molecule has 0 fully saturated rings. The number of rotatable bonds is 1. The molecule has 1 aromatic carbocycles. The van der Waals surface area contributed by atoms with Gasteiger partial charge in [-0.05, 0) is 24.1 Å². The van der Waals surface area contributed by atoms with Gasteiger partial charge in [0.15, 0.2) is 0 Å². The van der Waals surface area contributed by atoms with Crippen molar-refractivity contribution < 1.29 is 4.79 Å². The van der Waals surface area contributed by atoms with Gasteiger partial charge in [-0.3, -0.25) is 9.59 Å². The summed E-state index contributed by atoms with van der Waals surface area (Å²) in [6.45, 7) is 0.662. The fraction of sp³-hybridized carbons (Fsp3) is 0.143. The molecule has 90 valence electrons. The summed E-state index contributed by atoms with van der Waals surface area (Å²) in [6.07, 6.45) is 0.860. The second-order valence-electron chi connectivity index (χ2n) is 4.26. The summed E-state index contributed by atoms with van der Waals surface area (Å²) in [5, 5.41) is 0. The highest BCUT2D eigenvalue weighted by Gasteiger charge is 2.25. The van der Waals surface area contributed by atoms with E-state index in [-0.39, 0.29) is 11.5 Å². The molecule has 0 unspecified atom stereocenters. The van der Waals surface area contributed by atoms with Gasteiger partial charge >= 0.3 is 0 Å². The zero-order valence-corrected chi connectivity index (χ0v) is 9.72. The van der Waals surface area contributed by atoms with Crippen molar-refractivity contribution in [1.29, 1.82) is 0 Å². The first-order valence-electron chi connectivity index (χ1n) is 5.85. The highest BCUT2D eigenvalue weighted by Crippen LogP contribution is 2.28. The lowest BCUT2D eigenvalue weighted by Gasteiger charge is -2.16. The van der Waals surface area contributed by atoms with Crippen molar-refractivity contribution in [2.45, 2.75) is 6.42 Å². The van der Waals surface area contributed by atoms with Crippen LogP contribution in [-0.4, -0.2) is 17.4 Å². The second kappa shape index (κ2) is 4.14. The third-order valence-electron chi connectivity index (χ3n) is 3.13. The van der Waals surface area contributed by atoms with E-state index in [2.05, 4.69) is 4.98 Å². The Bertz CT molecular complexity index is 661. The molecule has 0 bridgehead atoms. The largest absolute Gasteiger partial charge is 0.318 e. The Balaban J connectivity index is 1.98. The Kier molecular flexibility index (Phi) is 2.48. The molecule has 0 saturated carbocycles. The van der Waals surface area contributed by atoms with Crippen LogP contribution >= 0.6 is 0 Å². The fourth-order valence-corrected chi connectivity index (χ4v) is 2.27. The zero-order valence-electron chi connectivity index (χ0n) is 9.72. The number of benzene rings is 1. The van der Waals surface area contributed by atoms with E-state index >= 15 is 0 Å². The molecule has 2 aromatic rings. The quantitative estimate of drug-likeness (QED) is 0.822. The number of aromatic nitrogens is 1. The average Bonchev–Trinajstić information content (AvgIpc) is 2.82. The maximum absolute atomic E-state index is 12.3. The number of para-hydroxylation sites is 1. The maximum Gasteiger partial charge on any atom is 0.274 e. The molecule has 0 aliphatic carbocycles. The minimum Gasteiger partial charge on any atom is -0.318 e. The van der Waals surface area contributed by atoms with Crippen LogP contribution in [0.3, 0.4) is 0 Å². The van der Waals surface area contributed by atoms with E-state index in [4.69, 9.17) is 0 Å². The smallest absolute Gasteiger partial charge is 0.274 e. The first-order chi connectivity index (χ1) is 8.75. The van der Waals surface area contributed by atoms with Crippen LogP contribution < -0.4 is 10.5 Å². The summed E-state index contributed by atoms with van der Waals surface area (Å²) in [5.41, 5.74) is 2.18. The van der Waals surface area contributed by atoms with Crippen molar-refractivity contribution in [3.8, 4) is 0 Å². The predicted molar refractivity (Wildman–Crippen MR) is 68.9 cm³/mol. The molecule has 1 aliphatic heterocycles. The van der Waals surface area contributed by atoms with Crippen LogP contribution in [0, 0.1) is 0 Å². The van der Waals surface area contributed by atoms with Crippen molar-refractivity contribution in [2.75, 3.05) is 11.4 Å². The standard InChI is InChI=1S/C14H12N2O2/c17-13-7-3-5-11(15-13)14(18)16-9-8-10-4-1-2-6-12(10)16/h1-7H,8-9H2,(H,15,17). The lowest BCUT2D eigenvalue weighted by Crippen LogP contribution is -2.30. The number of H-pyrrole nitrogens is 1. The molecule has 0 atom stereocenters. The molecule has 18 heavy (non-hydrogen) atoms. The van der Waals surface area contributed by atoms with Gasteiger partial charge in [0.2, 0.25) is 5.56 Å². The molecule has 4 nitrogen and oxygen atoms in total. The molecule has 1 N–H and O–H groups in total. The zero-order chi connectivity index (χ0) is 12.5. The molecule has 0 saturated heterocycles. The predicted octanol–water partition coefficient (Wildman–Crippen LogP) is 1.58. The number of hydrogen-bond acceptors (Lipinski definition) is 2. The minimum atomic E-state index is -0.256. The summed E-state index contributed by atoms with van der Waals surface area (Å²) in [7, 11) is 0. The van der Waals surface area contributed by atoms with Crippen molar-refractivity contribution in [3.63, 3.8) is 0 Å². The van der Waals surface area contributed by atoms with E-state index in [0.717, 1.165) is 12.1 Å². The van der Waals surface area contributed by atoms with E-state index < -0.39 is 0 Å². The van der Waals surface area contributed by atoms with Crippen molar-refractivity contribution >= 4 is 11.6 Å². The van der Waals surface area contributed by atoms with Gasteiger partial charge in [-0.1, -0.05) is 24.3 Å². The third kappa shape index (κ3) is 1.72. The van der Waals surface area contributed by atoms with Gasteiger partial charge in [-0.25, -0.2) is 0 Å². The summed E-state index contributed by atoms with van der Waals surface area (Å²) in [5.74, 6) is -0.155. The highest BCUT2D eigenvalue weighted by atomic mass is 16.2. The van der Waals surface area contributed by atoms with Crippen LogP contribution in [0.2, 0.25) is 0 Å². The van der Waals surface area contributed by atoms with Crippen LogP contribution in [-0.2, 0) is 6.42 Å². The van der Waals surface area contributed by atoms with Crippen LogP contribution in [0.5, 0.6) is 0 Å². The summed E-state index contributed by atoms with van der Waals surface area (Å²) < 4.78 is 0. The van der Waals surface area contributed by atoms with Gasteiger partial charge in [0.05, 0.1) is 0 Å². The van der Waals surface area contributed by atoms with Gasteiger partial charge in [0.25, 0.3) is 5.91 Å².